The Hall–Kier alpha value is -0.780. The first-order valence-corrected chi connectivity index (χ1v) is 6.87. The van der Waals surface area contributed by atoms with Gasteiger partial charge in [-0.2, -0.15) is 13.2 Å². The summed E-state index contributed by atoms with van der Waals surface area (Å²) in [7, 11) is 0. The number of carbonyl (C=O) groups is 1. The molecule has 0 saturated heterocycles. The fourth-order valence-electron chi connectivity index (χ4n) is 2.69. The summed E-state index contributed by atoms with van der Waals surface area (Å²) in [6.45, 7) is 1.60. The highest BCUT2D eigenvalue weighted by Gasteiger charge is 2.45. The van der Waals surface area contributed by atoms with E-state index < -0.39 is 24.6 Å². The van der Waals surface area contributed by atoms with Crippen molar-refractivity contribution in [3.05, 3.63) is 0 Å². The highest BCUT2D eigenvalue weighted by Crippen LogP contribution is 2.29. The highest BCUT2D eigenvalue weighted by atomic mass is 19.4. The lowest BCUT2D eigenvalue weighted by molar-refractivity contribution is -0.192. The van der Waals surface area contributed by atoms with Crippen molar-refractivity contribution in [3.8, 4) is 0 Å². The van der Waals surface area contributed by atoms with Gasteiger partial charge < -0.3 is 10.4 Å². The van der Waals surface area contributed by atoms with E-state index in [0.29, 0.717) is 5.92 Å². The van der Waals surface area contributed by atoms with Crippen LogP contribution in [0.2, 0.25) is 0 Å². The fourth-order valence-corrected chi connectivity index (χ4v) is 2.69. The molecule has 0 radical (unpaired) electrons. The van der Waals surface area contributed by atoms with Gasteiger partial charge in [0, 0.05) is 12.6 Å². The first-order valence-electron chi connectivity index (χ1n) is 6.87. The monoisotopic (exact) mass is 281 g/mol. The van der Waals surface area contributed by atoms with Crippen LogP contribution in [0.15, 0.2) is 0 Å². The lowest BCUT2D eigenvalue weighted by atomic mass is 9.83. The predicted octanol–water partition coefficient (Wildman–Crippen LogP) is 3.20. The first kappa shape index (κ1) is 16.3. The Morgan fingerprint density at radius 3 is 2.32 bits per heavy atom. The van der Waals surface area contributed by atoms with Crippen molar-refractivity contribution in [1.29, 1.82) is 0 Å². The first-order chi connectivity index (χ1) is 8.84. The molecule has 0 aromatic heterocycles. The third-order valence-electron chi connectivity index (χ3n) is 3.85. The molecule has 6 heteroatoms. The van der Waals surface area contributed by atoms with Crippen molar-refractivity contribution in [3.63, 3.8) is 0 Å². The molecular weight excluding hydrogens is 259 g/mol. The molecule has 1 saturated carbocycles. The van der Waals surface area contributed by atoms with Crippen LogP contribution in [0.1, 0.15) is 45.4 Å². The number of aliphatic carboxylic acids is 1. The Labute approximate surface area is 111 Å². The molecule has 0 spiro atoms. The molecule has 0 bridgehead atoms. The number of hydrogen-bond donors (Lipinski definition) is 2. The lowest BCUT2D eigenvalue weighted by Gasteiger charge is -2.30. The van der Waals surface area contributed by atoms with E-state index >= 15 is 0 Å². The standard InChI is InChI=1S/C13H22F3NO2/c1-2-3-9-4-6-10(7-5-9)17-8-11(12(18)19)13(14,15)16/h9-11,17H,2-8H2,1H3,(H,18,19). The minimum absolute atomic E-state index is 0.0253. The number of halogens is 3. The maximum Gasteiger partial charge on any atom is 0.403 e. The van der Waals surface area contributed by atoms with Crippen LogP contribution in [0.3, 0.4) is 0 Å². The molecule has 1 fully saturated rings. The SMILES string of the molecule is CCCC1CCC(NCC(C(=O)O)C(F)(F)F)CC1. The zero-order valence-electron chi connectivity index (χ0n) is 11.2. The average Bonchev–Trinajstić information content (AvgIpc) is 2.29. The van der Waals surface area contributed by atoms with E-state index in [2.05, 4.69) is 12.2 Å². The average molecular weight is 281 g/mol. The van der Waals surface area contributed by atoms with Gasteiger partial charge >= 0.3 is 12.1 Å². The molecule has 1 unspecified atom stereocenters. The highest BCUT2D eigenvalue weighted by molar-refractivity contribution is 5.71. The quantitative estimate of drug-likeness (QED) is 0.786. The maximum absolute atomic E-state index is 12.5. The molecule has 0 amide bonds. The molecule has 1 rings (SSSR count). The molecule has 19 heavy (non-hydrogen) atoms. The predicted molar refractivity (Wildman–Crippen MR) is 65.8 cm³/mol. The fraction of sp³-hybridized carbons (Fsp3) is 0.923. The Morgan fingerprint density at radius 1 is 1.32 bits per heavy atom. The van der Waals surface area contributed by atoms with E-state index in [4.69, 9.17) is 5.11 Å². The molecule has 1 aliphatic rings. The van der Waals surface area contributed by atoms with Gasteiger partial charge in [-0.25, -0.2) is 0 Å². The topological polar surface area (TPSA) is 49.3 Å². The van der Waals surface area contributed by atoms with Crippen molar-refractivity contribution in [2.24, 2.45) is 11.8 Å². The van der Waals surface area contributed by atoms with Crippen LogP contribution in [0.5, 0.6) is 0 Å². The van der Waals surface area contributed by atoms with Gasteiger partial charge in [-0.05, 0) is 31.6 Å². The minimum atomic E-state index is -4.68. The summed E-state index contributed by atoms with van der Waals surface area (Å²) in [5, 5.41) is 11.4. The van der Waals surface area contributed by atoms with Gasteiger partial charge in [-0.1, -0.05) is 19.8 Å². The summed E-state index contributed by atoms with van der Waals surface area (Å²) >= 11 is 0. The number of nitrogens with one attached hydrogen (secondary N) is 1. The molecule has 112 valence electrons. The Morgan fingerprint density at radius 2 is 1.89 bits per heavy atom. The van der Waals surface area contributed by atoms with Gasteiger partial charge in [0.2, 0.25) is 0 Å². The van der Waals surface area contributed by atoms with Crippen LogP contribution in [-0.4, -0.2) is 29.8 Å². The van der Waals surface area contributed by atoms with Crippen molar-refractivity contribution in [1.82, 2.24) is 5.32 Å². The second-order valence-electron chi connectivity index (χ2n) is 5.35. The molecule has 1 atom stereocenters. The van der Waals surface area contributed by atoms with Gasteiger partial charge in [0.05, 0.1) is 0 Å². The van der Waals surface area contributed by atoms with Gasteiger partial charge in [-0.15, -0.1) is 0 Å². The van der Waals surface area contributed by atoms with Gasteiger partial charge in [0.25, 0.3) is 0 Å². The van der Waals surface area contributed by atoms with E-state index in [1.54, 1.807) is 0 Å². The van der Waals surface area contributed by atoms with Crippen LogP contribution in [0.25, 0.3) is 0 Å². The van der Waals surface area contributed by atoms with Gasteiger partial charge in [0.15, 0.2) is 5.92 Å². The van der Waals surface area contributed by atoms with Crippen molar-refractivity contribution >= 4 is 5.97 Å². The second-order valence-corrected chi connectivity index (χ2v) is 5.35. The lowest BCUT2D eigenvalue weighted by Crippen LogP contribution is -2.43. The largest absolute Gasteiger partial charge is 0.481 e. The second kappa shape index (κ2) is 7.12. The van der Waals surface area contributed by atoms with Crippen LogP contribution in [0.4, 0.5) is 13.2 Å². The minimum Gasteiger partial charge on any atom is -0.481 e. The van der Waals surface area contributed by atoms with E-state index in [0.717, 1.165) is 32.1 Å². The number of alkyl halides is 3. The molecule has 0 aliphatic heterocycles. The van der Waals surface area contributed by atoms with Crippen molar-refractivity contribution in [2.45, 2.75) is 57.7 Å². The third kappa shape index (κ3) is 5.38. The molecule has 0 aromatic carbocycles. The Bertz CT molecular complexity index is 286. The summed E-state index contributed by atoms with van der Waals surface area (Å²) in [6, 6.07) is 0.0253. The van der Waals surface area contributed by atoms with Gasteiger partial charge in [0.1, 0.15) is 0 Å². The Balaban J connectivity index is 2.35. The molecule has 2 N–H and O–H groups in total. The van der Waals surface area contributed by atoms with Crippen LogP contribution in [0, 0.1) is 11.8 Å². The number of carboxylic acid groups (broad SMARTS) is 1. The molecule has 0 heterocycles. The zero-order valence-corrected chi connectivity index (χ0v) is 11.2. The van der Waals surface area contributed by atoms with Crippen LogP contribution >= 0.6 is 0 Å². The summed E-state index contributed by atoms with van der Waals surface area (Å²) in [5.74, 6) is -3.43. The van der Waals surface area contributed by atoms with Gasteiger partial charge in [-0.3, -0.25) is 4.79 Å². The van der Waals surface area contributed by atoms with Crippen LogP contribution in [-0.2, 0) is 4.79 Å². The van der Waals surface area contributed by atoms with E-state index in [9.17, 15) is 18.0 Å². The summed E-state index contributed by atoms with van der Waals surface area (Å²) in [4.78, 5) is 10.6. The van der Waals surface area contributed by atoms with E-state index in [1.165, 1.54) is 6.42 Å². The van der Waals surface area contributed by atoms with Crippen molar-refractivity contribution < 1.29 is 23.1 Å². The number of carboxylic acids is 1. The summed E-state index contributed by atoms with van der Waals surface area (Å²) in [6.07, 6.45) is 1.36. The molecule has 3 nitrogen and oxygen atoms in total. The molecule has 1 aliphatic carbocycles. The Kier molecular flexibility index (Phi) is 6.10. The van der Waals surface area contributed by atoms with Crippen LogP contribution < -0.4 is 5.32 Å². The third-order valence-corrected chi connectivity index (χ3v) is 3.85. The van der Waals surface area contributed by atoms with E-state index in [1.807, 2.05) is 0 Å². The maximum atomic E-state index is 12.5. The summed E-state index contributed by atoms with van der Waals surface area (Å²) < 4.78 is 37.4. The smallest absolute Gasteiger partial charge is 0.403 e. The number of hydrogen-bond acceptors (Lipinski definition) is 2. The molecule has 0 aromatic rings. The molecular formula is C13H22F3NO2. The number of rotatable bonds is 6. The summed E-state index contributed by atoms with van der Waals surface area (Å²) in [5.41, 5.74) is 0. The van der Waals surface area contributed by atoms with E-state index in [-0.39, 0.29) is 6.04 Å². The zero-order chi connectivity index (χ0) is 14.5. The normalized spacial score (nSPS) is 26.1. The van der Waals surface area contributed by atoms with Crippen molar-refractivity contribution in [2.75, 3.05) is 6.54 Å².